The zero-order chi connectivity index (χ0) is 44.3. The number of piperidine rings is 2. The second kappa shape index (κ2) is 17.2. The number of nitrogens with zero attached hydrogens (tertiary/aromatic N) is 7. The summed E-state index contributed by atoms with van der Waals surface area (Å²) in [4.78, 5) is 70.0. The zero-order valence-corrected chi connectivity index (χ0v) is 37.7. The van der Waals surface area contributed by atoms with E-state index >= 15 is 0 Å². The summed E-state index contributed by atoms with van der Waals surface area (Å²) in [5, 5.41) is 12.8. The van der Waals surface area contributed by atoms with Crippen molar-refractivity contribution in [1.29, 1.82) is 5.26 Å². The molecule has 0 radical (unpaired) electrons. The molecule has 334 valence electrons. The average molecular weight is 864 g/mol. The Bertz CT molecular complexity index is 2550. The molecule has 1 atom stereocenters. The highest BCUT2D eigenvalue weighted by Crippen LogP contribution is 2.46. The topological polar surface area (TPSA) is 139 Å². The number of carbonyl (C=O) groups is 4. The summed E-state index contributed by atoms with van der Waals surface area (Å²) in [5.41, 5.74) is 10.0. The second-order valence-corrected chi connectivity index (χ2v) is 19.5. The Morgan fingerprint density at radius 2 is 1.48 bits per heavy atom. The van der Waals surface area contributed by atoms with Crippen molar-refractivity contribution < 1.29 is 19.2 Å². The predicted molar refractivity (Wildman–Crippen MR) is 247 cm³/mol. The van der Waals surface area contributed by atoms with E-state index in [1.165, 1.54) is 16.8 Å². The van der Waals surface area contributed by atoms with E-state index in [2.05, 4.69) is 79.8 Å². The molecule has 6 aliphatic rings. The maximum Gasteiger partial charge on any atom is 0.255 e. The molecule has 5 aliphatic heterocycles. The highest BCUT2D eigenvalue weighted by atomic mass is 16.2. The summed E-state index contributed by atoms with van der Waals surface area (Å²) in [6.45, 7) is 20.9. The molecular weight excluding hydrogens is 803 g/mol. The van der Waals surface area contributed by atoms with Crippen molar-refractivity contribution in [3.05, 3.63) is 98.7 Å². The molecular formula is C51H61N9O4. The van der Waals surface area contributed by atoms with Gasteiger partial charge < -0.3 is 19.7 Å². The van der Waals surface area contributed by atoms with Crippen molar-refractivity contribution in [2.24, 2.45) is 0 Å². The molecule has 64 heavy (non-hydrogen) atoms. The quantitative estimate of drug-likeness (QED) is 0.216. The van der Waals surface area contributed by atoms with Crippen LogP contribution in [0.15, 0.2) is 48.5 Å². The number of rotatable bonds is 10. The van der Waals surface area contributed by atoms with Gasteiger partial charge in [0.25, 0.3) is 5.91 Å². The van der Waals surface area contributed by atoms with Crippen LogP contribution in [0.5, 0.6) is 0 Å². The first-order chi connectivity index (χ1) is 31.0. The Balaban J connectivity index is 0.674. The number of anilines is 1. The van der Waals surface area contributed by atoms with Crippen LogP contribution in [0.3, 0.4) is 0 Å². The van der Waals surface area contributed by atoms with Crippen molar-refractivity contribution in [3.63, 3.8) is 0 Å². The van der Waals surface area contributed by atoms with Gasteiger partial charge >= 0.3 is 0 Å². The Morgan fingerprint density at radius 1 is 0.781 bits per heavy atom. The van der Waals surface area contributed by atoms with E-state index in [0.717, 1.165) is 150 Å². The summed E-state index contributed by atoms with van der Waals surface area (Å²) in [6, 6.07) is 18.3. The maximum absolute atomic E-state index is 14.2. The monoisotopic (exact) mass is 863 g/mol. The fraction of sp³-hybridized carbons (Fsp3) is 0.510. The van der Waals surface area contributed by atoms with Crippen molar-refractivity contribution in [1.82, 2.24) is 34.8 Å². The number of aromatic amines is 1. The van der Waals surface area contributed by atoms with Gasteiger partial charge in [0, 0.05) is 143 Å². The fourth-order valence-electron chi connectivity index (χ4n) is 11.7. The number of hydrogen-bond donors (Lipinski definition) is 2. The lowest BCUT2D eigenvalue weighted by Crippen LogP contribution is -2.55. The first-order valence-corrected chi connectivity index (χ1v) is 23.7. The smallest absolute Gasteiger partial charge is 0.255 e. The van der Waals surface area contributed by atoms with E-state index in [1.807, 2.05) is 24.3 Å². The summed E-state index contributed by atoms with van der Waals surface area (Å²) in [6.07, 6.45) is 4.68. The van der Waals surface area contributed by atoms with Gasteiger partial charge in [-0.25, -0.2) is 0 Å². The van der Waals surface area contributed by atoms with Crippen LogP contribution in [0, 0.1) is 11.3 Å². The van der Waals surface area contributed by atoms with E-state index in [-0.39, 0.29) is 35.3 Å². The molecule has 0 spiro atoms. The molecule has 4 aromatic rings. The van der Waals surface area contributed by atoms with E-state index in [1.54, 1.807) is 11.0 Å². The lowest BCUT2D eigenvalue weighted by molar-refractivity contribution is -0.136. The average Bonchev–Trinajstić information content (AvgIpc) is 3.88. The number of fused-ring (bicyclic) bond motifs is 5. The Labute approximate surface area is 376 Å². The van der Waals surface area contributed by atoms with E-state index in [0.29, 0.717) is 30.1 Å². The van der Waals surface area contributed by atoms with Crippen LogP contribution in [-0.2, 0) is 34.4 Å². The van der Waals surface area contributed by atoms with Crippen molar-refractivity contribution in [2.45, 2.75) is 83.3 Å². The highest BCUT2D eigenvalue weighted by molar-refractivity contribution is 6.20. The van der Waals surface area contributed by atoms with Crippen molar-refractivity contribution in [2.75, 3.05) is 90.0 Å². The summed E-state index contributed by atoms with van der Waals surface area (Å²) in [5.74, 6) is -0.663. The Morgan fingerprint density at radius 3 is 2.17 bits per heavy atom. The molecule has 4 fully saturated rings. The van der Waals surface area contributed by atoms with Gasteiger partial charge in [0.2, 0.25) is 11.8 Å². The predicted octanol–water partition coefficient (Wildman–Crippen LogP) is 4.68. The number of nitrogens with one attached hydrogen (secondary N) is 2. The second-order valence-electron chi connectivity index (χ2n) is 19.5. The first kappa shape index (κ1) is 42.6. The molecule has 1 aromatic heterocycles. The lowest BCUT2D eigenvalue weighted by atomic mass is 9.70. The van der Waals surface area contributed by atoms with E-state index in [9.17, 15) is 24.4 Å². The Hall–Kier alpha value is -5.39. The highest BCUT2D eigenvalue weighted by Gasteiger charge is 2.42. The third kappa shape index (κ3) is 7.72. The molecule has 3 amide bonds. The first-order valence-electron chi connectivity index (χ1n) is 23.7. The molecule has 1 unspecified atom stereocenters. The normalized spacial score (nSPS) is 22.4. The fourth-order valence-corrected chi connectivity index (χ4v) is 11.7. The molecule has 1 aliphatic carbocycles. The lowest BCUT2D eigenvalue weighted by Gasteiger charge is -2.44. The van der Waals surface area contributed by atoms with E-state index in [4.69, 9.17) is 0 Å². The maximum atomic E-state index is 14.2. The number of benzene rings is 3. The number of piperazine rings is 2. The molecule has 3 aromatic carbocycles. The third-order valence-electron chi connectivity index (χ3n) is 15.6. The minimum atomic E-state index is -0.586. The molecule has 10 rings (SSSR count). The molecule has 0 bridgehead atoms. The molecule has 4 saturated heterocycles. The minimum absolute atomic E-state index is 0.0742. The number of imide groups is 1. The van der Waals surface area contributed by atoms with Gasteiger partial charge in [0.15, 0.2) is 5.78 Å². The van der Waals surface area contributed by atoms with Gasteiger partial charge in [-0.1, -0.05) is 39.0 Å². The standard InChI is InChI=1S/C51H61N9O4/c1-4-34-29-39-41(51(2,3)48-46(47(39)62)38-9-8-33(31-52)28-42(38)53-48)30-44(34)59-16-13-36(14-17-59)58-26-24-57(25-27-58)23-22-56-20-18-55(19-21-56)15-12-35-6-5-7-37-40(35)32-60(50(37)64)43-10-11-45(61)54-49(43)63/h5-9,28-30,36,43,53H,4,10-27,32H2,1-3H3,(H,54,61,63). The summed E-state index contributed by atoms with van der Waals surface area (Å²) < 4.78 is 0. The molecule has 6 heterocycles. The van der Waals surface area contributed by atoms with Gasteiger partial charge in [-0.15, -0.1) is 0 Å². The summed E-state index contributed by atoms with van der Waals surface area (Å²) >= 11 is 0. The van der Waals surface area contributed by atoms with Gasteiger partial charge in [-0.05, 0) is 84.7 Å². The number of H-pyrrole nitrogens is 1. The molecule has 13 nitrogen and oxygen atoms in total. The van der Waals surface area contributed by atoms with Crippen molar-refractivity contribution >= 4 is 40.1 Å². The Kier molecular flexibility index (Phi) is 11.4. The molecule has 13 heteroatoms. The van der Waals surface area contributed by atoms with Crippen LogP contribution in [-0.4, -0.2) is 150 Å². The number of nitriles is 1. The van der Waals surface area contributed by atoms with Crippen LogP contribution in [0.25, 0.3) is 10.9 Å². The van der Waals surface area contributed by atoms with Gasteiger partial charge in [0.05, 0.1) is 17.2 Å². The number of amides is 3. The number of aromatic nitrogens is 1. The van der Waals surface area contributed by atoms with E-state index < -0.39 is 6.04 Å². The number of carbonyl (C=O) groups excluding carboxylic acids is 4. The number of ketones is 1. The van der Waals surface area contributed by atoms with Gasteiger partial charge in [0.1, 0.15) is 6.04 Å². The van der Waals surface area contributed by atoms with Gasteiger partial charge in [-0.3, -0.25) is 39.2 Å². The third-order valence-corrected chi connectivity index (χ3v) is 15.6. The number of aryl methyl sites for hydroxylation is 1. The SMILES string of the molecule is CCc1cc2c(cc1N1CCC(N3CCN(CCN4CCN(CCc5cccc6c5CN(C5CCC(=O)NC5=O)C6=O)CC4)CC3)CC1)C(C)(C)c1[nH]c3cc(C#N)ccc3c1C2=O. The minimum Gasteiger partial charge on any atom is -0.371 e. The van der Waals surface area contributed by atoms with Crippen LogP contribution in [0.1, 0.15) is 106 Å². The van der Waals surface area contributed by atoms with Crippen LogP contribution >= 0.6 is 0 Å². The van der Waals surface area contributed by atoms with Crippen molar-refractivity contribution in [3.8, 4) is 6.07 Å². The van der Waals surface area contributed by atoms with Gasteiger partial charge in [-0.2, -0.15) is 5.26 Å². The van der Waals surface area contributed by atoms with Crippen LogP contribution < -0.4 is 10.2 Å². The van der Waals surface area contributed by atoms with Crippen LogP contribution in [0.2, 0.25) is 0 Å². The summed E-state index contributed by atoms with van der Waals surface area (Å²) in [7, 11) is 0. The molecule has 2 N–H and O–H groups in total. The zero-order valence-electron chi connectivity index (χ0n) is 37.7. The molecule has 0 saturated carbocycles. The number of hydrogen-bond acceptors (Lipinski definition) is 10. The largest absolute Gasteiger partial charge is 0.371 e. The van der Waals surface area contributed by atoms with Crippen LogP contribution in [0.4, 0.5) is 5.69 Å².